The minimum atomic E-state index is -0.145. The predicted molar refractivity (Wildman–Crippen MR) is 102 cm³/mol. The Kier molecular flexibility index (Phi) is 5.05. The maximum atomic E-state index is 13.0. The lowest BCUT2D eigenvalue weighted by molar-refractivity contribution is 0.0699. The quantitative estimate of drug-likeness (QED) is 0.877. The molecule has 144 valence electrons. The maximum Gasteiger partial charge on any atom is 0.257 e. The van der Waals surface area contributed by atoms with Crippen LogP contribution in [-0.4, -0.2) is 45.7 Å². The zero-order valence-corrected chi connectivity index (χ0v) is 15.8. The number of carbonyl (C=O) groups excluding carboxylic acids is 1. The van der Waals surface area contributed by atoms with E-state index in [9.17, 15) is 9.90 Å². The highest BCUT2D eigenvalue weighted by Crippen LogP contribution is 2.34. The summed E-state index contributed by atoms with van der Waals surface area (Å²) < 4.78 is 7.42. The minimum absolute atomic E-state index is 0.0846. The SMILES string of the molecule is COc1cccc(C(=O)N2CCC[C@@H](c3nccn3CC3CCC3)C2)c1O. The van der Waals surface area contributed by atoms with E-state index in [0.29, 0.717) is 24.4 Å². The van der Waals surface area contributed by atoms with E-state index in [-0.39, 0.29) is 17.6 Å². The average Bonchev–Trinajstić information content (AvgIpc) is 3.13. The summed E-state index contributed by atoms with van der Waals surface area (Å²) in [6.07, 6.45) is 9.88. The van der Waals surface area contributed by atoms with Gasteiger partial charge in [-0.2, -0.15) is 0 Å². The summed E-state index contributed by atoms with van der Waals surface area (Å²) in [5, 5.41) is 10.3. The first-order valence-electron chi connectivity index (χ1n) is 9.83. The van der Waals surface area contributed by atoms with E-state index in [0.717, 1.165) is 31.1 Å². The van der Waals surface area contributed by atoms with Gasteiger partial charge in [-0.05, 0) is 43.7 Å². The van der Waals surface area contributed by atoms with Crippen LogP contribution < -0.4 is 4.74 Å². The number of amides is 1. The summed E-state index contributed by atoms with van der Waals surface area (Å²) in [7, 11) is 1.49. The molecule has 1 atom stereocenters. The molecule has 6 heteroatoms. The van der Waals surface area contributed by atoms with Gasteiger partial charge in [0.05, 0.1) is 12.7 Å². The number of rotatable bonds is 5. The van der Waals surface area contributed by atoms with Crippen LogP contribution in [0.1, 0.15) is 54.2 Å². The first-order chi connectivity index (χ1) is 13.2. The third-order valence-corrected chi connectivity index (χ3v) is 5.95. The number of nitrogens with zero attached hydrogens (tertiary/aromatic N) is 3. The molecule has 1 aliphatic carbocycles. The molecule has 1 amide bonds. The van der Waals surface area contributed by atoms with Gasteiger partial charge in [-0.15, -0.1) is 0 Å². The van der Waals surface area contributed by atoms with E-state index in [1.54, 1.807) is 18.2 Å². The lowest BCUT2D eigenvalue weighted by Gasteiger charge is -2.34. The number of methoxy groups -OCH3 is 1. The molecule has 1 saturated carbocycles. The van der Waals surface area contributed by atoms with Crippen molar-refractivity contribution in [2.75, 3.05) is 20.2 Å². The van der Waals surface area contributed by atoms with Crippen molar-refractivity contribution in [2.45, 2.75) is 44.6 Å². The summed E-state index contributed by atoms with van der Waals surface area (Å²) in [6, 6.07) is 5.04. The molecule has 2 heterocycles. The summed E-state index contributed by atoms with van der Waals surface area (Å²) in [5.41, 5.74) is 0.299. The molecule has 0 bridgehead atoms. The molecule has 0 unspecified atom stereocenters. The van der Waals surface area contributed by atoms with Crippen molar-refractivity contribution in [3.05, 3.63) is 42.0 Å². The lowest BCUT2D eigenvalue weighted by atomic mass is 9.85. The van der Waals surface area contributed by atoms with Gasteiger partial charge in [0, 0.05) is 37.9 Å². The van der Waals surface area contributed by atoms with Crippen molar-refractivity contribution >= 4 is 5.91 Å². The number of aromatic nitrogens is 2. The van der Waals surface area contributed by atoms with Crippen molar-refractivity contribution in [3.63, 3.8) is 0 Å². The Morgan fingerprint density at radius 3 is 2.89 bits per heavy atom. The van der Waals surface area contributed by atoms with Gasteiger partial charge < -0.3 is 19.3 Å². The number of ether oxygens (including phenoxy) is 1. The monoisotopic (exact) mass is 369 g/mol. The molecule has 1 saturated heterocycles. The zero-order valence-electron chi connectivity index (χ0n) is 15.8. The Morgan fingerprint density at radius 2 is 2.15 bits per heavy atom. The van der Waals surface area contributed by atoms with Crippen molar-refractivity contribution in [2.24, 2.45) is 5.92 Å². The number of hydrogen-bond donors (Lipinski definition) is 1. The molecule has 1 aliphatic heterocycles. The maximum absolute atomic E-state index is 13.0. The van der Waals surface area contributed by atoms with Gasteiger partial charge >= 0.3 is 0 Å². The second-order valence-corrected chi connectivity index (χ2v) is 7.68. The van der Waals surface area contributed by atoms with E-state index in [1.807, 2.05) is 11.1 Å². The molecule has 1 aromatic heterocycles. The highest BCUT2D eigenvalue weighted by atomic mass is 16.5. The number of para-hydroxylation sites is 1. The summed E-state index contributed by atoms with van der Waals surface area (Å²) in [4.78, 5) is 19.5. The molecule has 0 spiro atoms. The Balaban J connectivity index is 1.50. The fourth-order valence-corrected chi connectivity index (χ4v) is 4.19. The van der Waals surface area contributed by atoms with Gasteiger partial charge in [0.2, 0.25) is 0 Å². The van der Waals surface area contributed by atoms with Crippen molar-refractivity contribution in [1.82, 2.24) is 14.5 Å². The molecule has 2 aromatic rings. The van der Waals surface area contributed by atoms with Crippen molar-refractivity contribution in [1.29, 1.82) is 0 Å². The molecular formula is C21H27N3O3. The molecule has 1 N–H and O–H groups in total. The normalized spacial score (nSPS) is 20.3. The van der Waals surface area contributed by atoms with E-state index >= 15 is 0 Å². The Labute approximate surface area is 159 Å². The number of phenols is 1. The number of piperidine rings is 1. The molecule has 1 aromatic carbocycles. The Morgan fingerprint density at radius 1 is 1.30 bits per heavy atom. The van der Waals surface area contributed by atoms with Gasteiger partial charge in [0.1, 0.15) is 5.82 Å². The first kappa shape index (κ1) is 17.9. The van der Waals surface area contributed by atoms with Crippen molar-refractivity contribution < 1.29 is 14.6 Å². The smallest absolute Gasteiger partial charge is 0.257 e. The Hall–Kier alpha value is -2.50. The predicted octanol–water partition coefficient (Wildman–Crippen LogP) is 3.42. The fraction of sp³-hybridized carbons (Fsp3) is 0.524. The number of phenolic OH excluding ortho intramolecular Hbond substituents is 1. The second-order valence-electron chi connectivity index (χ2n) is 7.68. The van der Waals surface area contributed by atoms with Crippen LogP contribution in [0.3, 0.4) is 0 Å². The third-order valence-electron chi connectivity index (χ3n) is 5.95. The second kappa shape index (κ2) is 7.62. The molecule has 0 radical (unpaired) electrons. The fourth-order valence-electron chi connectivity index (χ4n) is 4.19. The largest absolute Gasteiger partial charge is 0.504 e. The summed E-state index contributed by atoms with van der Waals surface area (Å²) in [6.45, 7) is 2.38. The number of aromatic hydroxyl groups is 1. The van der Waals surface area contributed by atoms with E-state index < -0.39 is 0 Å². The van der Waals surface area contributed by atoms with Crippen LogP contribution in [0.2, 0.25) is 0 Å². The van der Waals surface area contributed by atoms with Gasteiger partial charge in [-0.3, -0.25) is 4.79 Å². The van der Waals surface area contributed by atoms with Gasteiger partial charge in [0.25, 0.3) is 5.91 Å². The van der Waals surface area contributed by atoms with Gasteiger partial charge in [-0.25, -0.2) is 4.98 Å². The average molecular weight is 369 g/mol. The number of hydrogen-bond acceptors (Lipinski definition) is 4. The highest BCUT2D eigenvalue weighted by Gasteiger charge is 2.30. The zero-order chi connectivity index (χ0) is 18.8. The van der Waals surface area contributed by atoms with Crippen LogP contribution >= 0.6 is 0 Å². The number of likely N-dealkylation sites (tertiary alicyclic amines) is 1. The number of benzene rings is 1. The van der Waals surface area contributed by atoms with Crippen LogP contribution in [0, 0.1) is 5.92 Å². The van der Waals surface area contributed by atoms with E-state index in [1.165, 1.54) is 26.4 Å². The highest BCUT2D eigenvalue weighted by molar-refractivity contribution is 5.97. The number of imidazole rings is 1. The number of carbonyl (C=O) groups is 1. The van der Waals surface area contributed by atoms with E-state index in [2.05, 4.69) is 15.7 Å². The van der Waals surface area contributed by atoms with Crippen molar-refractivity contribution in [3.8, 4) is 11.5 Å². The van der Waals surface area contributed by atoms with Crippen LogP contribution in [0.25, 0.3) is 0 Å². The topological polar surface area (TPSA) is 67.6 Å². The van der Waals surface area contributed by atoms with Gasteiger partial charge in [0.15, 0.2) is 11.5 Å². The standard InChI is InChI=1S/C21H27N3O3/c1-27-18-9-3-8-17(19(18)25)21(26)24-11-4-7-16(14-24)20-22-10-12-23(20)13-15-5-2-6-15/h3,8-10,12,15-16,25H,2,4-7,11,13-14H2,1H3/t16-/m1/s1. The molecule has 6 nitrogen and oxygen atoms in total. The van der Waals surface area contributed by atoms with Crippen LogP contribution in [0.5, 0.6) is 11.5 Å². The van der Waals surface area contributed by atoms with Gasteiger partial charge in [-0.1, -0.05) is 12.5 Å². The van der Waals surface area contributed by atoms with E-state index in [4.69, 9.17) is 4.74 Å². The van der Waals surface area contributed by atoms with Crippen LogP contribution in [-0.2, 0) is 6.54 Å². The first-order valence-corrected chi connectivity index (χ1v) is 9.83. The molecule has 27 heavy (non-hydrogen) atoms. The third kappa shape index (κ3) is 3.53. The lowest BCUT2D eigenvalue weighted by Crippen LogP contribution is -2.40. The molecule has 2 aliphatic rings. The van der Waals surface area contributed by atoms with Crippen LogP contribution in [0.15, 0.2) is 30.6 Å². The molecular weight excluding hydrogens is 342 g/mol. The minimum Gasteiger partial charge on any atom is -0.504 e. The molecule has 4 rings (SSSR count). The Bertz CT molecular complexity index is 813. The van der Waals surface area contributed by atoms with Crippen LogP contribution in [0.4, 0.5) is 0 Å². The summed E-state index contributed by atoms with van der Waals surface area (Å²) >= 11 is 0. The summed E-state index contributed by atoms with van der Waals surface area (Å²) in [5.74, 6) is 2.20. The molecule has 2 fully saturated rings.